The van der Waals surface area contributed by atoms with Gasteiger partial charge in [-0.25, -0.2) is 9.97 Å². The van der Waals surface area contributed by atoms with Gasteiger partial charge >= 0.3 is 0 Å². The summed E-state index contributed by atoms with van der Waals surface area (Å²) in [6.07, 6.45) is 2.76. The molecule has 1 aliphatic rings. The first-order valence-corrected chi connectivity index (χ1v) is 5.00. The number of hydrogen-bond acceptors (Lipinski definition) is 4. The highest BCUT2D eigenvalue weighted by atomic mass is 35.5. The predicted molar refractivity (Wildman–Crippen MR) is 53.8 cm³/mol. The maximum atomic E-state index is 11.8. The van der Waals surface area contributed by atoms with Gasteiger partial charge in [0.2, 0.25) is 0 Å². The normalized spacial score (nSPS) is 16.5. The van der Waals surface area contributed by atoms with E-state index in [1.54, 1.807) is 4.90 Å². The molecule has 2 heterocycles. The maximum Gasteiger partial charge on any atom is 0.274 e. The van der Waals surface area contributed by atoms with E-state index in [0.717, 1.165) is 0 Å². The van der Waals surface area contributed by atoms with Gasteiger partial charge in [-0.05, 0) is 0 Å². The van der Waals surface area contributed by atoms with E-state index in [9.17, 15) is 4.79 Å². The van der Waals surface area contributed by atoms with E-state index in [2.05, 4.69) is 9.97 Å². The van der Waals surface area contributed by atoms with Crippen molar-refractivity contribution in [2.24, 2.45) is 0 Å². The molecule has 0 spiro atoms. The lowest BCUT2D eigenvalue weighted by Crippen LogP contribution is -2.41. The Morgan fingerprint density at radius 1 is 1.33 bits per heavy atom. The van der Waals surface area contributed by atoms with Crippen molar-refractivity contribution in [2.45, 2.75) is 0 Å². The average Bonchev–Trinajstić information content (AvgIpc) is 2.30. The number of amides is 1. The summed E-state index contributed by atoms with van der Waals surface area (Å²) in [5.74, 6) is -0.123. The third kappa shape index (κ3) is 2.43. The number of rotatable bonds is 1. The van der Waals surface area contributed by atoms with Crippen LogP contribution in [0.1, 0.15) is 10.5 Å². The van der Waals surface area contributed by atoms with Crippen molar-refractivity contribution in [1.29, 1.82) is 0 Å². The molecule has 1 fully saturated rings. The zero-order valence-electron chi connectivity index (χ0n) is 8.02. The van der Waals surface area contributed by atoms with E-state index in [1.165, 1.54) is 12.4 Å². The fraction of sp³-hybridized carbons (Fsp3) is 0.444. The molecule has 5 nitrogen and oxygen atoms in total. The Morgan fingerprint density at radius 3 is 2.67 bits per heavy atom. The van der Waals surface area contributed by atoms with Crippen LogP contribution in [0.2, 0.25) is 5.15 Å². The van der Waals surface area contributed by atoms with E-state index in [-0.39, 0.29) is 11.1 Å². The molecule has 0 unspecified atom stereocenters. The summed E-state index contributed by atoms with van der Waals surface area (Å²) in [6.45, 7) is 2.35. The minimum atomic E-state index is -0.123. The molecule has 0 saturated carbocycles. The standard InChI is InChI=1S/C9H10ClN3O2/c10-8-6-11-7(5-12-8)9(14)13-1-3-15-4-2-13/h5-6H,1-4H2. The van der Waals surface area contributed by atoms with Gasteiger partial charge in [-0.15, -0.1) is 0 Å². The van der Waals surface area contributed by atoms with Crippen LogP contribution in [0.5, 0.6) is 0 Å². The van der Waals surface area contributed by atoms with Crippen LogP contribution in [0.4, 0.5) is 0 Å². The first-order valence-electron chi connectivity index (χ1n) is 4.62. The Balaban J connectivity index is 2.09. The lowest BCUT2D eigenvalue weighted by atomic mass is 10.3. The van der Waals surface area contributed by atoms with Crippen molar-refractivity contribution in [3.63, 3.8) is 0 Å². The van der Waals surface area contributed by atoms with Gasteiger partial charge in [-0.3, -0.25) is 4.79 Å². The van der Waals surface area contributed by atoms with Gasteiger partial charge in [0.05, 0.1) is 25.6 Å². The number of nitrogens with zero attached hydrogens (tertiary/aromatic N) is 3. The van der Waals surface area contributed by atoms with Crippen LogP contribution in [0, 0.1) is 0 Å². The SMILES string of the molecule is O=C(c1cnc(Cl)cn1)N1CCOCC1. The predicted octanol–water partition coefficient (Wildman–Crippen LogP) is 0.602. The van der Waals surface area contributed by atoms with Gasteiger partial charge < -0.3 is 9.64 Å². The van der Waals surface area contributed by atoms with Gasteiger partial charge in [0, 0.05) is 13.1 Å². The molecule has 1 aromatic heterocycles. The number of halogens is 1. The van der Waals surface area contributed by atoms with Crippen molar-refractivity contribution >= 4 is 17.5 Å². The lowest BCUT2D eigenvalue weighted by Gasteiger charge is -2.26. The fourth-order valence-electron chi connectivity index (χ4n) is 1.35. The molecule has 0 radical (unpaired) electrons. The molecular weight excluding hydrogens is 218 g/mol. The first kappa shape index (κ1) is 10.3. The summed E-state index contributed by atoms with van der Waals surface area (Å²) >= 11 is 5.58. The monoisotopic (exact) mass is 227 g/mol. The molecule has 1 saturated heterocycles. The number of morpholine rings is 1. The van der Waals surface area contributed by atoms with E-state index in [0.29, 0.717) is 32.0 Å². The van der Waals surface area contributed by atoms with E-state index < -0.39 is 0 Å². The number of hydrogen-bond donors (Lipinski definition) is 0. The summed E-state index contributed by atoms with van der Waals surface area (Å²) in [7, 11) is 0. The van der Waals surface area contributed by atoms with Crippen LogP contribution in [0.25, 0.3) is 0 Å². The lowest BCUT2D eigenvalue weighted by molar-refractivity contribution is 0.0298. The van der Waals surface area contributed by atoms with Crippen LogP contribution < -0.4 is 0 Å². The summed E-state index contributed by atoms with van der Waals surface area (Å²) in [6, 6.07) is 0. The van der Waals surface area contributed by atoms with Crippen LogP contribution >= 0.6 is 11.6 Å². The van der Waals surface area contributed by atoms with Crippen molar-refractivity contribution in [1.82, 2.24) is 14.9 Å². The molecule has 1 aromatic rings. The molecule has 1 aliphatic heterocycles. The van der Waals surface area contributed by atoms with E-state index in [4.69, 9.17) is 16.3 Å². The summed E-state index contributed by atoms with van der Waals surface area (Å²) in [5, 5.41) is 0.286. The first-order chi connectivity index (χ1) is 7.27. The summed E-state index contributed by atoms with van der Waals surface area (Å²) in [5.41, 5.74) is 0.321. The van der Waals surface area contributed by atoms with E-state index in [1.807, 2.05) is 0 Å². The third-order valence-electron chi connectivity index (χ3n) is 2.14. The highest BCUT2D eigenvalue weighted by Gasteiger charge is 2.19. The molecule has 0 N–H and O–H groups in total. The Kier molecular flexibility index (Phi) is 3.13. The maximum absolute atomic E-state index is 11.8. The topological polar surface area (TPSA) is 55.3 Å². The molecule has 15 heavy (non-hydrogen) atoms. The Hall–Kier alpha value is -1.20. The summed E-state index contributed by atoms with van der Waals surface area (Å²) < 4.78 is 5.15. The molecule has 80 valence electrons. The molecule has 1 amide bonds. The highest BCUT2D eigenvalue weighted by molar-refractivity contribution is 6.29. The molecule has 0 aliphatic carbocycles. The van der Waals surface area contributed by atoms with Gasteiger partial charge in [-0.1, -0.05) is 11.6 Å². The minimum Gasteiger partial charge on any atom is -0.378 e. The van der Waals surface area contributed by atoms with Gasteiger partial charge in [0.25, 0.3) is 5.91 Å². The van der Waals surface area contributed by atoms with Crippen LogP contribution in [0.3, 0.4) is 0 Å². The van der Waals surface area contributed by atoms with Crippen LogP contribution in [-0.2, 0) is 4.74 Å². The smallest absolute Gasteiger partial charge is 0.274 e. The Bertz CT molecular complexity index is 349. The zero-order chi connectivity index (χ0) is 10.7. The number of ether oxygens (including phenoxy) is 1. The molecule has 0 aromatic carbocycles. The number of carbonyl (C=O) groups excluding carboxylic acids is 1. The largest absolute Gasteiger partial charge is 0.378 e. The van der Waals surface area contributed by atoms with Crippen molar-refractivity contribution in [2.75, 3.05) is 26.3 Å². The molecule has 2 rings (SSSR count). The molecule has 6 heteroatoms. The van der Waals surface area contributed by atoms with Gasteiger partial charge in [-0.2, -0.15) is 0 Å². The van der Waals surface area contributed by atoms with E-state index >= 15 is 0 Å². The van der Waals surface area contributed by atoms with Gasteiger partial charge in [0.15, 0.2) is 0 Å². The van der Waals surface area contributed by atoms with Gasteiger partial charge in [0.1, 0.15) is 10.8 Å². The molecule has 0 atom stereocenters. The number of carbonyl (C=O) groups is 1. The second kappa shape index (κ2) is 4.55. The molecular formula is C9H10ClN3O2. The van der Waals surface area contributed by atoms with Crippen molar-refractivity contribution in [3.05, 3.63) is 23.2 Å². The molecule has 0 bridgehead atoms. The highest BCUT2D eigenvalue weighted by Crippen LogP contribution is 2.06. The van der Waals surface area contributed by atoms with Crippen LogP contribution in [-0.4, -0.2) is 47.1 Å². The minimum absolute atomic E-state index is 0.123. The zero-order valence-corrected chi connectivity index (χ0v) is 8.78. The summed E-state index contributed by atoms with van der Waals surface area (Å²) in [4.78, 5) is 21.3. The second-order valence-corrected chi connectivity index (χ2v) is 3.52. The quantitative estimate of drug-likeness (QED) is 0.705. The van der Waals surface area contributed by atoms with Crippen LogP contribution in [0.15, 0.2) is 12.4 Å². The third-order valence-corrected chi connectivity index (χ3v) is 2.33. The van der Waals surface area contributed by atoms with Crippen molar-refractivity contribution < 1.29 is 9.53 Å². The second-order valence-electron chi connectivity index (χ2n) is 3.13. The number of aromatic nitrogens is 2. The van der Waals surface area contributed by atoms with Crippen molar-refractivity contribution in [3.8, 4) is 0 Å². The Morgan fingerprint density at radius 2 is 2.07 bits per heavy atom. The fourth-order valence-corrected chi connectivity index (χ4v) is 1.45. The average molecular weight is 228 g/mol. The Labute approximate surface area is 92.0 Å².